The monoisotopic (exact) mass is 528 g/mol. The fraction of sp³-hybridized carbons (Fsp3) is 0.292. The highest BCUT2D eigenvalue weighted by atomic mass is 32.2. The third-order valence-electron chi connectivity index (χ3n) is 6.55. The third kappa shape index (κ3) is 5.05. The lowest BCUT2D eigenvalue weighted by molar-refractivity contribution is -0.139. The molecule has 5 rings (SSSR count). The van der Waals surface area contributed by atoms with Gasteiger partial charge in [-0.05, 0) is 42.1 Å². The van der Waals surface area contributed by atoms with E-state index in [4.69, 9.17) is 4.98 Å². The first-order chi connectivity index (χ1) is 17.6. The van der Waals surface area contributed by atoms with Crippen LogP contribution in [0.1, 0.15) is 35.6 Å². The summed E-state index contributed by atoms with van der Waals surface area (Å²) in [5, 5.41) is 7.80. The number of nitrogens with zero attached hydrogens (tertiary/aromatic N) is 5. The van der Waals surface area contributed by atoms with Gasteiger partial charge in [0.2, 0.25) is 10.0 Å². The zero-order valence-electron chi connectivity index (χ0n) is 20.0. The molecule has 192 valence electrons. The summed E-state index contributed by atoms with van der Waals surface area (Å²) in [6, 6.07) is 10.0. The maximum atomic E-state index is 13.5. The zero-order valence-corrected chi connectivity index (χ0v) is 20.8. The molecule has 0 amide bonds. The van der Waals surface area contributed by atoms with Crippen LogP contribution in [0.2, 0.25) is 0 Å². The lowest BCUT2D eigenvalue weighted by atomic mass is 9.94. The Morgan fingerprint density at radius 1 is 1.08 bits per heavy atom. The van der Waals surface area contributed by atoms with E-state index in [9.17, 15) is 21.6 Å². The molecule has 0 bridgehead atoms. The number of sulfonamides is 1. The van der Waals surface area contributed by atoms with Crippen LogP contribution < -0.4 is 10.8 Å². The molecule has 4 heterocycles. The van der Waals surface area contributed by atoms with Gasteiger partial charge in [-0.15, -0.1) is 0 Å². The van der Waals surface area contributed by atoms with Crippen molar-refractivity contribution < 1.29 is 21.6 Å². The fourth-order valence-electron chi connectivity index (χ4n) is 4.58. The molecular formula is C24H24BF3N6O2S. The van der Waals surface area contributed by atoms with Gasteiger partial charge < -0.3 is 5.32 Å². The van der Waals surface area contributed by atoms with Crippen molar-refractivity contribution in [3.8, 4) is 0 Å². The third-order valence-corrected chi connectivity index (χ3v) is 8.50. The van der Waals surface area contributed by atoms with Crippen molar-refractivity contribution in [2.75, 3.05) is 18.4 Å². The summed E-state index contributed by atoms with van der Waals surface area (Å²) in [4.78, 5) is 8.22. The van der Waals surface area contributed by atoms with Crippen LogP contribution in [0.5, 0.6) is 0 Å². The largest absolute Gasteiger partial charge is 0.417 e. The molecule has 1 aliphatic rings. The summed E-state index contributed by atoms with van der Waals surface area (Å²) in [5.41, 5.74) is 2.23. The summed E-state index contributed by atoms with van der Waals surface area (Å²) < 4.78 is 69.5. The van der Waals surface area contributed by atoms with Crippen molar-refractivity contribution in [2.45, 2.75) is 36.4 Å². The van der Waals surface area contributed by atoms with Crippen LogP contribution in [0, 0.1) is 0 Å². The van der Waals surface area contributed by atoms with Crippen molar-refractivity contribution in [1.82, 2.24) is 23.9 Å². The summed E-state index contributed by atoms with van der Waals surface area (Å²) in [6.07, 6.45) is 1.32. The lowest BCUT2D eigenvalue weighted by Gasteiger charge is -2.31. The number of fused-ring (bicyclic) bond motifs is 1. The van der Waals surface area contributed by atoms with Gasteiger partial charge in [-0.3, -0.25) is 4.98 Å². The average molecular weight is 528 g/mol. The highest BCUT2D eigenvalue weighted by Crippen LogP contribution is 2.37. The van der Waals surface area contributed by atoms with Crippen LogP contribution in [0.4, 0.5) is 19.0 Å². The predicted octanol–water partition coefficient (Wildman–Crippen LogP) is 2.58. The van der Waals surface area contributed by atoms with Gasteiger partial charge >= 0.3 is 6.18 Å². The molecule has 0 aliphatic carbocycles. The molecule has 8 nitrogen and oxygen atoms in total. The van der Waals surface area contributed by atoms with E-state index >= 15 is 0 Å². The minimum absolute atomic E-state index is 0.0532. The summed E-state index contributed by atoms with van der Waals surface area (Å²) in [5.74, 6) is 0.689. The second kappa shape index (κ2) is 9.79. The fourth-order valence-corrected chi connectivity index (χ4v) is 6.26. The zero-order chi connectivity index (χ0) is 26.2. The molecule has 37 heavy (non-hydrogen) atoms. The van der Waals surface area contributed by atoms with Crippen LogP contribution in [-0.4, -0.2) is 53.2 Å². The smallest absolute Gasteiger partial charge is 0.366 e. The van der Waals surface area contributed by atoms with E-state index < -0.39 is 26.7 Å². The highest BCUT2D eigenvalue weighted by Gasteiger charge is 2.40. The molecule has 3 aromatic heterocycles. The quantitative estimate of drug-likeness (QED) is 0.387. The molecule has 1 N–H and O–H groups in total. The summed E-state index contributed by atoms with van der Waals surface area (Å²) in [6.45, 7) is 0.728. The number of piperidine rings is 1. The van der Waals surface area contributed by atoms with Gasteiger partial charge in [0.05, 0.1) is 10.5 Å². The SMILES string of the molecule is Bc1cnn2c(NCc3cccnc3)cc(C3CCN(S(=O)(=O)c4ccccc4C(F)(F)F)CC3)nc12. The number of anilines is 1. The highest BCUT2D eigenvalue weighted by molar-refractivity contribution is 7.89. The number of hydrogen-bond donors (Lipinski definition) is 1. The van der Waals surface area contributed by atoms with Gasteiger partial charge in [0.15, 0.2) is 5.65 Å². The van der Waals surface area contributed by atoms with Gasteiger partial charge in [-0.25, -0.2) is 13.4 Å². The van der Waals surface area contributed by atoms with Crippen molar-refractivity contribution >= 4 is 34.8 Å². The van der Waals surface area contributed by atoms with Crippen LogP contribution >= 0.6 is 0 Å². The Morgan fingerprint density at radius 3 is 2.54 bits per heavy atom. The standard InChI is InChI=1S/C24H24BF3N6O2S/c25-19-15-31-34-22(30-14-16-4-3-9-29-13-16)12-20(32-23(19)34)17-7-10-33(11-8-17)37(35,36)21-6-2-1-5-18(21)24(26,27)28/h1-6,9,12-13,15,17,30H,7-8,10-11,14,25H2. The maximum absolute atomic E-state index is 13.5. The minimum Gasteiger partial charge on any atom is -0.366 e. The molecule has 1 fully saturated rings. The molecule has 0 unspecified atom stereocenters. The van der Waals surface area contributed by atoms with Gasteiger partial charge in [-0.1, -0.05) is 18.2 Å². The predicted molar refractivity (Wildman–Crippen MR) is 135 cm³/mol. The van der Waals surface area contributed by atoms with Gasteiger partial charge in [-0.2, -0.15) is 27.1 Å². The molecular weight excluding hydrogens is 504 g/mol. The van der Waals surface area contributed by atoms with E-state index in [-0.39, 0.29) is 19.0 Å². The second-order valence-electron chi connectivity index (χ2n) is 9.02. The van der Waals surface area contributed by atoms with Crippen LogP contribution in [0.15, 0.2) is 66.0 Å². The molecule has 1 aliphatic heterocycles. The first kappa shape index (κ1) is 25.2. The van der Waals surface area contributed by atoms with E-state index in [0.29, 0.717) is 25.0 Å². The molecule has 0 radical (unpaired) electrons. The van der Waals surface area contributed by atoms with Crippen molar-refractivity contribution in [2.24, 2.45) is 0 Å². The Kier molecular flexibility index (Phi) is 6.67. The number of alkyl halides is 3. The number of benzene rings is 1. The van der Waals surface area contributed by atoms with Crippen molar-refractivity contribution in [3.63, 3.8) is 0 Å². The number of aromatic nitrogens is 4. The number of nitrogens with one attached hydrogen (secondary N) is 1. The molecule has 1 saturated heterocycles. The van der Waals surface area contributed by atoms with E-state index in [1.807, 2.05) is 26.0 Å². The average Bonchev–Trinajstić information content (AvgIpc) is 3.28. The number of pyridine rings is 1. The normalized spacial score (nSPS) is 15.8. The molecule has 0 atom stereocenters. The summed E-state index contributed by atoms with van der Waals surface area (Å²) in [7, 11) is -2.39. The second-order valence-corrected chi connectivity index (χ2v) is 10.9. The molecule has 4 aromatic rings. The Bertz CT molecular complexity index is 1520. The first-order valence-electron chi connectivity index (χ1n) is 11.8. The molecule has 0 spiro atoms. The van der Waals surface area contributed by atoms with Crippen LogP contribution in [0.25, 0.3) is 5.65 Å². The Morgan fingerprint density at radius 2 is 1.84 bits per heavy atom. The number of halogens is 3. The topological polar surface area (TPSA) is 92.5 Å². The van der Waals surface area contributed by atoms with E-state index in [1.165, 1.54) is 12.1 Å². The Labute approximate surface area is 213 Å². The van der Waals surface area contributed by atoms with Crippen molar-refractivity contribution in [1.29, 1.82) is 0 Å². The first-order valence-corrected chi connectivity index (χ1v) is 13.2. The van der Waals surface area contributed by atoms with Crippen molar-refractivity contribution in [3.05, 3.63) is 77.9 Å². The van der Waals surface area contributed by atoms with Crippen LogP contribution in [-0.2, 0) is 22.7 Å². The minimum atomic E-state index is -4.76. The number of rotatable bonds is 6. The molecule has 1 aromatic carbocycles. The van der Waals surface area contributed by atoms with E-state index in [0.717, 1.165) is 39.0 Å². The van der Waals surface area contributed by atoms with Gasteiger partial charge in [0.25, 0.3) is 0 Å². The molecule has 13 heteroatoms. The van der Waals surface area contributed by atoms with Gasteiger partial charge in [0, 0.05) is 55.9 Å². The summed E-state index contributed by atoms with van der Waals surface area (Å²) >= 11 is 0. The van der Waals surface area contributed by atoms with Crippen LogP contribution in [0.3, 0.4) is 0 Å². The lowest BCUT2D eigenvalue weighted by Crippen LogP contribution is -2.38. The Balaban J connectivity index is 1.37. The molecule has 0 saturated carbocycles. The Hall–Kier alpha value is -3.45. The van der Waals surface area contributed by atoms with Gasteiger partial charge in [0.1, 0.15) is 13.7 Å². The maximum Gasteiger partial charge on any atom is 0.417 e. The number of hydrogen-bond acceptors (Lipinski definition) is 6. The van der Waals surface area contributed by atoms with E-state index in [2.05, 4.69) is 15.4 Å². The van der Waals surface area contributed by atoms with E-state index in [1.54, 1.807) is 23.1 Å².